The molecule has 0 amide bonds. The van der Waals surface area contributed by atoms with E-state index in [9.17, 15) is 0 Å². The van der Waals surface area contributed by atoms with Crippen molar-refractivity contribution in [3.05, 3.63) is 325 Å². The molecule has 424 valence electrons. The van der Waals surface area contributed by atoms with Crippen molar-refractivity contribution in [2.45, 2.75) is 24.7 Å². The van der Waals surface area contributed by atoms with Gasteiger partial charge in [0.15, 0.2) is 22.8 Å². The van der Waals surface area contributed by atoms with E-state index in [0.717, 1.165) is 78.4 Å². The van der Waals surface area contributed by atoms with Crippen LogP contribution in [0.15, 0.2) is 300 Å². The number of para-hydroxylation sites is 8. The van der Waals surface area contributed by atoms with Crippen LogP contribution in [0.3, 0.4) is 0 Å². The molecule has 0 aliphatic heterocycles. The summed E-state index contributed by atoms with van der Waals surface area (Å²) in [5.41, 5.74) is 24.6. The van der Waals surface area contributed by atoms with Crippen molar-refractivity contribution >= 4 is 77.5 Å². The van der Waals surface area contributed by atoms with Gasteiger partial charge in [0.25, 0.3) is 0 Å². The Morgan fingerprint density at radius 1 is 0.300 bits per heavy atom. The minimum absolute atomic E-state index is 0.1000. The van der Waals surface area contributed by atoms with Crippen LogP contribution in [0.1, 0.15) is 47.2 Å². The van der Waals surface area contributed by atoms with Gasteiger partial charge < -0.3 is 8.83 Å². The molecule has 90 heavy (non-hydrogen) atoms. The second-order valence-corrected chi connectivity index (χ2v) is 24.4. The Morgan fingerprint density at radius 3 is 1.11 bits per heavy atom. The van der Waals surface area contributed by atoms with Gasteiger partial charge in [0.1, 0.15) is 11.4 Å². The summed E-state index contributed by atoms with van der Waals surface area (Å²) < 4.78 is 21.8. The lowest BCUT2D eigenvalue weighted by Crippen LogP contribution is -2.28. The zero-order valence-electron chi connectivity index (χ0n) is 49.2. The SMILES string of the molecule is CC1(C)c2ccccc2-c2ccc(-c3c(-n4c5ccccc5c5ccccc54)nc4oc5ccccc5n34)cc21.c1ccc(C2(c3ccccc3)c3ccccc3-c3ccc(-c4c(-n5c6ccccc6c6ccccc65)nc5oc6ccccc6n45)cc32)cc1. The van der Waals surface area contributed by atoms with E-state index in [4.69, 9.17) is 18.8 Å². The standard InChI is InChI=1S/C46H29N3O.C36H25N3O/c1-3-15-31(16-4-1)46(32-17-5-2-6-18-32)37-22-10-7-19-33(37)34-28-27-30(29-38(34)46)43-44(47-45-49(43)41-25-13-14-26-42(41)50-45)48-39-23-11-8-20-35(39)36-21-9-12-24-40(36)48;1-36(2)27-14-6-3-11-23(27)24-20-19-22(21-28(24)36)33-34(37-35-39(33)31-17-9-10-18-32(31)40-35)38-29-15-7-4-12-25(29)26-13-5-8-16-30(26)38/h1-29H;3-21H,1-2H3. The van der Waals surface area contributed by atoms with E-state index in [1.165, 1.54) is 77.2 Å². The van der Waals surface area contributed by atoms with Crippen LogP contribution in [0.25, 0.3) is 134 Å². The maximum atomic E-state index is 6.48. The van der Waals surface area contributed by atoms with Gasteiger partial charge in [0.2, 0.25) is 0 Å². The summed E-state index contributed by atoms with van der Waals surface area (Å²) in [6, 6.07) is 104. The van der Waals surface area contributed by atoms with Gasteiger partial charge in [-0.3, -0.25) is 17.9 Å². The largest absolute Gasteiger partial charge is 0.423 e. The van der Waals surface area contributed by atoms with Crippen LogP contribution in [0, 0.1) is 0 Å². The van der Waals surface area contributed by atoms with E-state index in [2.05, 4.69) is 299 Å². The lowest BCUT2D eigenvalue weighted by Gasteiger charge is -2.34. The van der Waals surface area contributed by atoms with Gasteiger partial charge in [0, 0.05) is 38.1 Å². The summed E-state index contributed by atoms with van der Waals surface area (Å²) in [6.07, 6.45) is 0. The molecule has 0 spiro atoms. The molecule has 12 aromatic carbocycles. The second-order valence-electron chi connectivity index (χ2n) is 24.4. The Kier molecular flexibility index (Phi) is 10.6. The summed E-state index contributed by atoms with van der Waals surface area (Å²) in [7, 11) is 0. The van der Waals surface area contributed by atoms with Gasteiger partial charge in [-0.2, -0.15) is 9.97 Å². The van der Waals surface area contributed by atoms with E-state index in [-0.39, 0.29) is 5.41 Å². The number of imidazole rings is 2. The first kappa shape index (κ1) is 50.4. The maximum Gasteiger partial charge on any atom is 0.309 e. The van der Waals surface area contributed by atoms with Crippen molar-refractivity contribution in [3.63, 3.8) is 0 Å². The fourth-order valence-corrected chi connectivity index (χ4v) is 15.6. The fourth-order valence-electron chi connectivity index (χ4n) is 15.6. The molecule has 8 nitrogen and oxygen atoms in total. The summed E-state index contributed by atoms with van der Waals surface area (Å²) in [5.74, 6) is 2.87. The molecule has 2 aliphatic rings. The van der Waals surface area contributed by atoms with E-state index in [1.54, 1.807) is 0 Å². The summed E-state index contributed by atoms with van der Waals surface area (Å²) in [5, 5.41) is 4.81. The monoisotopic (exact) mass is 1150 g/mol. The summed E-state index contributed by atoms with van der Waals surface area (Å²) in [4.78, 5) is 10.5. The first-order valence-corrected chi connectivity index (χ1v) is 30.8. The lowest BCUT2D eigenvalue weighted by atomic mass is 9.67. The van der Waals surface area contributed by atoms with Crippen molar-refractivity contribution < 1.29 is 8.83 Å². The third-order valence-corrected chi connectivity index (χ3v) is 19.4. The lowest BCUT2D eigenvalue weighted by molar-refractivity contribution is 0.641. The maximum absolute atomic E-state index is 6.48. The highest BCUT2D eigenvalue weighted by Crippen LogP contribution is 2.57. The van der Waals surface area contributed by atoms with Crippen LogP contribution < -0.4 is 0 Å². The Hall–Kier alpha value is -11.7. The molecule has 0 atom stereocenters. The van der Waals surface area contributed by atoms with Crippen LogP contribution in [-0.4, -0.2) is 27.9 Å². The predicted molar refractivity (Wildman–Crippen MR) is 364 cm³/mol. The number of oxazole rings is 2. The zero-order chi connectivity index (χ0) is 59.4. The highest BCUT2D eigenvalue weighted by molar-refractivity contribution is 6.11. The number of fused-ring (bicyclic) bond motifs is 18. The number of hydrogen-bond donors (Lipinski definition) is 0. The van der Waals surface area contributed by atoms with Gasteiger partial charge in [-0.15, -0.1) is 0 Å². The summed E-state index contributed by atoms with van der Waals surface area (Å²) >= 11 is 0. The summed E-state index contributed by atoms with van der Waals surface area (Å²) in [6.45, 7) is 4.66. The van der Waals surface area contributed by atoms with E-state index in [0.29, 0.717) is 11.7 Å². The molecular formula is C82H54N6O2. The van der Waals surface area contributed by atoms with E-state index >= 15 is 0 Å². The highest BCUT2D eigenvalue weighted by Gasteiger charge is 2.46. The molecule has 18 aromatic rings. The van der Waals surface area contributed by atoms with Gasteiger partial charge in [-0.05, 0) is 116 Å². The van der Waals surface area contributed by atoms with Crippen LogP contribution >= 0.6 is 0 Å². The number of aromatic nitrogens is 6. The quantitative estimate of drug-likeness (QED) is 0.166. The first-order chi connectivity index (χ1) is 44.4. The molecule has 20 rings (SSSR count). The Morgan fingerprint density at radius 2 is 0.644 bits per heavy atom. The topological polar surface area (TPSA) is 70.7 Å². The molecule has 0 fully saturated rings. The third-order valence-electron chi connectivity index (χ3n) is 19.4. The Bertz CT molecular complexity index is 5820. The van der Waals surface area contributed by atoms with Crippen LogP contribution in [0.4, 0.5) is 0 Å². The van der Waals surface area contributed by atoms with Crippen LogP contribution in [0.2, 0.25) is 0 Å². The highest BCUT2D eigenvalue weighted by atomic mass is 16.4. The third kappa shape index (κ3) is 6.90. The minimum Gasteiger partial charge on any atom is -0.423 e. The number of rotatable bonds is 6. The molecule has 0 saturated carbocycles. The molecule has 0 radical (unpaired) electrons. The number of benzene rings is 12. The molecule has 0 unspecified atom stereocenters. The van der Waals surface area contributed by atoms with Gasteiger partial charge in [-0.1, -0.05) is 244 Å². The predicted octanol–water partition coefficient (Wildman–Crippen LogP) is 20.4. The number of nitrogens with zero attached hydrogens (tertiary/aromatic N) is 6. The molecular weight excluding hydrogens is 1100 g/mol. The molecule has 2 aliphatic carbocycles. The molecule has 8 heteroatoms. The average molecular weight is 1160 g/mol. The van der Waals surface area contributed by atoms with Gasteiger partial charge >= 0.3 is 11.7 Å². The smallest absolute Gasteiger partial charge is 0.309 e. The number of hydrogen-bond acceptors (Lipinski definition) is 4. The Balaban J connectivity index is 0.000000133. The van der Waals surface area contributed by atoms with Crippen molar-refractivity contribution in [1.82, 2.24) is 27.9 Å². The molecule has 0 saturated heterocycles. The second kappa shape index (κ2) is 18.9. The molecule has 6 heterocycles. The van der Waals surface area contributed by atoms with Crippen molar-refractivity contribution in [2.75, 3.05) is 0 Å². The van der Waals surface area contributed by atoms with E-state index in [1.807, 2.05) is 24.3 Å². The van der Waals surface area contributed by atoms with E-state index < -0.39 is 5.41 Å². The van der Waals surface area contributed by atoms with Crippen LogP contribution in [0.5, 0.6) is 0 Å². The van der Waals surface area contributed by atoms with Crippen molar-refractivity contribution in [2.24, 2.45) is 0 Å². The molecule has 0 N–H and O–H groups in total. The van der Waals surface area contributed by atoms with Gasteiger partial charge in [-0.25, -0.2) is 0 Å². The normalized spacial score (nSPS) is 13.6. The minimum atomic E-state index is -0.514. The fraction of sp³-hybridized carbons (Fsp3) is 0.0488. The van der Waals surface area contributed by atoms with Gasteiger partial charge in [0.05, 0.1) is 38.5 Å². The van der Waals surface area contributed by atoms with Crippen LogP contribution in [-0.2, 0) is 10.8 Å². The van der Waals surface area contributed by atoms with Crippen molar-refractivity contribution in [1.29, 1.82) is 0 Å². The Labute approximate surface area is 517 Å². The zero-order valence-corrected chi connectivity index (χ0v) is 49.2. The molecule has 0 bridgehead atoms. The first-order valence-electron chi connectivity index (χ1n) is 30.8. The van der Waals surface area contributed by atoms with Crippen molar-refractivity contribution in [3.8, 4) is 56.4 Å². The molecule has 6 aromatic heterocycles. The average Bonchev–Trinajstić information content (AvgIpc) is 1.56.